The van der Waals surface area contributed by atoms with E-state index in [2.05, 4.69) is 11.9 Å². The Balaban J connectivity index is 1.80. The highest BCUT2D eigenvalue weighted by atomic mass is 32.3. The van der Waals surface area contributed by atoms with E-state index in [-0.39, 0.29) is 18.2 Å². The highest BCUT2D eigenvalue weighted by Gasteiger charge is 2.33. The normalized spacial score (nSPS) is 29.4. The largest absolute Gasteiger partial charge is 0.342 e. The van der Waals surface area contributed by atoms with Gasteiger partial charge in [-0.15, -0.1) is 3.89 Å². The van der Waals surface area contributed by atoms with Gasteiger partial charge in [0.2, 0.25) is 5.91 Å². The SMILES string of the molecule is CN1CCCC1CCN1CC(CS(=O)(=O)F)CC1=O. The van der Waals surface area contributed by atoms with Gasteiger partial charge in [0.05, 0.1) is 5.75 Å². The molecule has 0 aromatic carbocycles. The van der Waals surface area contributed by atoms with Crippen molar-refractivity contribution in [3.63, 3.8) is 0 Å². The molecule has 2 aliphatic heterocycles. The summed E-state index contributed by atoms with van der Waals surface area (Å²) in [5.41, 5.74) is 0. The van der Waals surface area contributed by atoms with Gasteiger partial charge in [-0.3, -0.25) is 4.79 Å². The smallest absolute Gasteiger partial charge is 0.302 e. The highest BCUT2D eigenvalue weighted by molar-refractivity contribution is 7.86. The molecule has 2 aliphatic rings. The first-order chi connectivity index (χ1) is 8.85. The summed E-state index contributed by atoms with van der Waals surface area (Å²) in [5, 5.41) is 0. The van der Waals surface area contributed by atoms with Crippen LogP contribution in [0.15, 0.2) is 0 Å². The van der Waals surface area contributed by atoms with Gasteiger partial charge in [-0.05, 0) is 32.9 Å². The number of nitrogens with zero attached hydrogens (tertiary/aromatic N) is 2. The van der Waals surface area contributed by atoms with Crippen LogP contribution >= 0.6 is 0 Å². The van der Waals surface area contributed by atoms with Crippen molar-refractivity contribution in [3.05, 3.63) is 0 Å². The summed E-state index contributed by atoms with van der Waals surface area (Å²) in [5.74, 6) is -0.962. The number of hydrogen-bond acceptors (Lipinski definition) is 4. The van der Waals surface area contributed by atoms with Crippen molar-refractivity contribution in [2.45, 2.75) is 31.7 Å². The maximum absolute atomic E-state index is 12.6. The van der Waals surface area contributed by atoms with Crippen molar-refractivity contribution in [2.75, 3.05) is 32.4 Å². The summed E-state index contributed by atoms with van der Waals surface area (Å²) >= 11 is 0. The third-order valence-electron chi connectivity index (χ3n) is 4.13. The van der Waals surface area contributed by atoms with Crippen LogP contribution in [0, 0.1) is 5.92 Å². The Bertz CT molecular complexity index is 440. The molecule has 5 nitrogen and oxygen atoms in total. The Hall–Kier alpha value is -0.690. The van der Waals surface area contributed by atoms with Gasteiger partial charge in [-0.1, -0.05) is 0 Å². The van der Waals surface area contributed by atoms with Crippen molar-refractivity contribution in [2.24, 2.45) is 5.92 Å². The quantitative estimate of drug-likeness (QED) is 0.697. The Labute approximate surface area is 114 Å². The summed E-state index contributed by atoms with van der Waals surface area (Å²) in [6, 6.07) is 0.511. The predicted molar refractivity (Wildman–Crippen MR) is 69.9 cm³/mol. The molecule has 19 heavy (non-hydrogen) atoms. The fourth-order valence-corrected chi connectivity index (χ4v) is 3.90. The Kier molecular flexibility index (Phi) is 4.45. The zero-order valence-electron chi connectivity index (χ0n) is 11.2. The van der Waals surface area contributed by atoms with Crippen LogP contribution in [0.2, 0.25) is 0 Å². The topological polar surface area (TPSA) is 57.7 Å². The van der Waals surface area contributed by atoms with E-state index >= 15 is 0 Å². The van der Waals surface area contributed by atoms with Gasteiger partial charge in [0.25, 0.3) is 0 Å². The van der Waals surface area contributed by atoms with Crippen molar-refractivity contribution in [3.8, 4) is 0 Å². The van der Waals surface area contributed by atoms with Crippen LogP contribution in [-0.4, -0.2) is 62.6 Å². The molecular weight excluding hydrogens is 271 g/mol. The lowest BCUT2D eigenvalue weighted by Crippen LogP contribution is -2.33. The Morgan fingerprint density at radius 1 is 1.42 bits per heavy atom. The average molecular weight is 292 g/mol. The van der Waals surface area contributed by atoms with Gasteiger partial charge in [-0.2, -0.15) is 8.42 Å². The lowest BCUT2D eigenvalue weighted by Gasteiger charge is -2.23. The van der Waals surface area contributed by atoms with Crippen LogP contribution in [0.25, 0.3) is 0 Å². The summed E-state index contributed by atoms with van der Waals surface area (Å²) in [4.78, 5) is 15.7. The molecule has 2 atom stereocenters. The zero-order chi connectivity index (χ0) is 14.0. The number of halogens is 1. The van der Waals surface area contributed by atoms with Crippen LogP contribution in [-0.2, 0) is 15.0 Å². The molecule has 0 saturated carbocycles. The standard InChI is InChI=1S/C12H21FN2O3S/c1-14-5-2-3-11(14)4-6-15-8-10(7-12(15)16)9-19(13,17)18/h10-11H,2-9H2,1H3. The second-order valence-corrected chi connectivity index (χ2v) is 7.09. The van der Waals surface area contributed by atoms with E-state index in [0.29, 0.717) is 19.1 Å². The maximum atomic E-state index is 12.6. The molecule has 2 unspecified atom stereocenters. The van der Waals surface area contributed by atoms with Crippen molar-refractivity contribution in [1.29, 1.82) is 0 Å². The molecule has 0 bridgehead atoms. The molecule has 1 amide bonds. The minimum atomic E-state index is -4.48. The molecule has 2 fully saturated rings. The molecule has 110 valence electrons. The van der Waals surface area contributed by atoms with Gasteiger partial charge < -0.3 is 9.80 Å². The molecule has 0 aromatic heterocycles. The third kappa shape index (κ3) is 4.14. The van der Waals surface area contributed by atoms with Crippen molar-refractivity contribution >= 4 is 16.1 Å². The molecule has 7 heteroatoms. The van der Waals surface area contributed by atoms with E-state index < -0.39 is 16.0 Å². The second-order valence-electron chi connectivity index (χ2n) is 5.68. The molecule has 0 radical (unpaired) electrons. The maximum Gasteiger partial charge on any atom is 0.302 e. The molecule has 2 saturated heterocycles. The van der Waals surface area contributed by atoms with E-state index in [1.165, 1.54) is 6.42 Å². The predicted octanol–water partition coefficient (Wildman–Crippen LogP) is 0.618. The van der Waals surface area contributed by atoms with E-state index in [1.54, 1.807) is 4.90 Å². The van der Waals surface area contributed by atoms with Crippen molar-refractivity contribution < 1.29 is 17.1 Å². The van der Waals surface area contributed by atoms with E-state index in [9.17, 15) is 17.1 Å². The molecule has 2 heterocycles. The van der Waals surface area contributed by atoms with Gasteiger partial charge in [0, 0.05) is 31.5 Å². The van der Waals surface area contributed by atoms with Gasteiger partial charge in [-0.25, -0.2) is 0 Å². The number of likely N-dealkylation sites (tertiary alicyclic amines) is 2. The van der Waals surface area contributed by atoms with Gasteiger partial charge >= 0.3 is 10.2 Å². The van der Waals surface area contributed by atoms with Crippen LogP contribution in [0.3, 0.4) is 0 Å². The minimum Gasteiger partial charge on any atom is -0.342 e. The van der Waals surface area contributed by atoms with Crippen LogP contribution in [0.4, 0.5) is 3.89 Å². The molecule has 0 N–H and O–H groups in total. The second kappa shape index (κ2) is 5.75. The average Bonchev–Trinajstić information content (AvgIpc) is 2.80. The number of carbonyl (C=O) groups excluding carboxylic acids is 1. The summed E-state index contributed by atoms with van der Waals surface area (Å²) < 4.78 is 33.8. The molecule has 2 rings (SSSR count). The monoisotopic (exact) mass is 292 g/mol. The number of carbonyl (C=O) groups is 1. The lowest BCUT2D eigenvalue weighted by molar-refractivity contribution is -0.127. The first kappa shape index (κ1) is 14.7. The first-order valence-electron chi connectivity index (χ1n) is 6.75. The molecule has 0 spiro atoms. The van der Waals surface area contributed by atoms with E-state index in [1.807, 2.05) is 0 Å². The number of hydrogen-bond donors (Lipinski definition) is 0. The summed E-state index contributed by atoms with van der Waals surface area (Å²) in [6.07, 6.45) is 3.42. The number of rotatable bonds is 5. The lowest BCUT2D eigenvalue weighted by atomic mass is 10.1. The van der Waals surface area contributed by atoms with Crippen LogP contribution in [0.5, 0.6) is 0 Å². The zero-order valence-corrected chi connectivity index (χ0v) is 12.0. The molecule has 0 aliphatic carbocycles. The summed E-state index contributed by atoms with van der Waals surface area (Å²) in [6.45, 7) is 2.12. The third-order valence-corrected chi connectivity index (χ3v) is 5.00. The van der Waals surface area contributed by atoms with E-state index in [4.69, 9.17) is 0 Å². The number of amides is 1. The summed E-state index contributed by atoms with van der Waals surface area (Å²) in [7, 11) is -2.40. The van der Waals surface area contributed by atoms with Gasteiger partial charge in [0.1, 0.15) is 0 Å². The van der Waals surface area contributed by atoms with E-state index in [0.717, 1.165) is 19.4 Å². The van der Waals surface area contributed by atoms with Crippen molar-refractivity contribution in [1.82, 2.24) is 9.80 Å². The van der Waals surface area contributed by atoms with Crippen LogP contribution in [0.1, 0.15) is 25.7 Å². The fourth-order valence-electron chi connectivity index (χ4n) is 3.11. The fraction of sp³-hybridized carbons (Fsp3) is 0.917. The first-order valence-corrected chi connectivity index (χ1v) is 8.31. The Morgan fingerprint density at radius 3 is 2.74 bits per heavy atom. The molecule has 0 aromatic rings. The minimum absolute atomic E-state index is 0.0469. The van der Waals surface area contributed by atoms with Crippen LogP contribution < -0.4 is 0 Å². The highest BCUT2D eigenvalue weighted by Crippen LogP contribution is 2.23. The Morgan fingerprint density at radius 2 is 2.16 bits per heavy atom. The molecular formula is C12H21FN2O3S. The van der Waals surface area contributed by atoms with Gasteiger partial charge in [0.15, 0.2) is 0 Å².